The van der Waals surface area contributed by atoms with Crippen molar-refractivity contribution in [1.29, 1.82) is 0 Å². The van der Waals surface area contributed by atoms with Crippen molar-refractivity contribution in [2.75, 3.05) is 11.6 Å². The molecule has 1 aliphatic rings. The van der Waals surface area contributed by atoms with Gasteiger partial charge in [-0.15, -0.1) is 11.6 Å². The molecule has 0 unspecified atom stereocenters. The van der Waals surface area contributed by atoms with Gasteiger partial charge in [0.2, 0.25) is 10.0 Å². The van der Waals surface area contributed by atoms with Crippen LogP contribution in [0.5, 0.6) is 0 Å². The molecular weight excluding hydrogens is 298 g/mol. The second kappa shape index (κ2) is 6.16. The van der Waals surface area contributed by atoms with Gasteiger partial charge in [0, 0.05) is 5.88 Å². The minimum absolute atomic E-state index is 0.132. The van der Waals surface area contributed by atoms with E-state index >= 15 is 0 Å². The summed E-state index contributed by atoms with van der Waals surface area (Å²) in [4.78, 5) is 0. The minimum atomic E-state index is -3.65. The second-order valence-electron chi connectivity index (χ2n) is 4.57. The number of hydrazone groups is 1. The molecule has 0 bridgehead atoms. The van der Waals surface area contributed by atoms with Gasteiger partial charge in [-0.3, -0.25) is 0 Å². The van der Waals surface area contributed by atoms with Gasteiger partial charge >= 0.3 is 7.05 Å². The van der Waals surface area contributed by atoms with Crippen LogP contribution in [0.4, 0.5) is 0 Å². The highest BCUT2D eigenvalue weighted by Gasteiger charge is 2.36. The molecule has 0 aliphatic carbocycles. The topological polar surface area (TPSA) is 70.0 Å². The summed E-state index contributed by atoms with van der Waals surface area (Å²) in [5, 5.41) is 14.1. The van der Waals surface area contributed by atoms with Crippen LogP contribution >= 0.6 is 11.6 Å². The van der Waals surface area contributed by atoms with Gasteiger partial charge in [-0.2, -0.15) is 5.10 Å². The van der Waals surface area contributed by atoms with Crippen molar-refractivity contribution in [1.82, 2.24) is 4.33 Å². The number of nitrogens with zero attached hydrogens (tertiary/aromatic N) is 2. The highest BCUT2D eigenvalue weighted by atomic mass is 35.5. The van der Waals surface area contributed by atoms with E-state index in [9.17, 15) is 13.4 Å². The van der Waals surface area contributed by atoms with Crippen LogP contribution in [0.25, 0.3) is 0 Å². The molecule has 8 heteroatoms. The molecule has 0 fully saturated rings. The van der Waals surface area contributed by atoms with E-state index in [1.807, 2.05) is 19.1 Å². The normalized spacial score (nSPS) is 14.6. The highest BCUT2D eigenvalue weighted by Crippen LogP contribution is 2.14. The quantitative estimate of drug-likeness (QED) is 0.637. The summed E-state index contributed by atoms with van der Waals surface area (Å²) in [7, 11) is -4.93. The Balaban J connectivity index is 2.31. The van der Waals surface area contributed by atoms with Crippen LogP contribution in [0.2, 0.25) is 0 Å². The number of benzene rings is 1. The Hall–Kier alpha value is -1.05. The molecule has 0 aromatic heterocycles. The Morgan fingerprint density at radius 2 is 2.20 bits per heavy atom. The largest absolute Gasteiger partial charge is 0.484 e. The van der Waals surface area contributed by atoms with Gasteiger partial charge in [-0.05, 0) is 29.4 Å². The predicted octanol–water partition coefficient (Wildman–Crippen LogP) is 0.545. The van der Waals surface area contributed by atoms with Crippen molar-refractivity contribution in [3.8, 4) is 0 Å². The van der Waals surface area contributed by atoms with Crippen molar-refractivity contribution in [3.05, 3.63) is 29.3 Å². The third-order valence-corrected chi connectivity index (χ3v) is 5.11. The average Bonchev–Trinajstić information content (AvgIpc) is 2.44. The van der Waals surface area contributed by atoms with Crippen LogP contribution in [0.15, 0.2) is 23.3 Å². The second-order valence-corrected chi connectivity index (χ2v) is 6.89. The van der Waals surface area contributed by atoms with Crippen molar-refractivity contribution < 1.29 is 13.4 Å². The van der Waals surface area contributed by atoms with E-state index < -0.39 is 17.1 Å². The Bertz CT molecular complexity index is 621. The number of alkyl halides is 1. The maximum Gasteiger partial charge on any atom is 0.484 e. The van der Waals surface area contributed by atoms with Gasteiger partial charge in [0.05, 0.1) is 12.0 Å². The van der Waals surface area contributed by atoms with Gasteiger partial charge in [0.25, 0.3) is 0 Å². The standard InChI is InChI=1S/C12H16BClN2O3S/c1-2-10-4-5-12-11(8-10)9-15-16(13(12)17)20(18,19)7-3-6-14/h4-5,8-9,17H,2-3,6-7H2,1H3. The molecule has 0 spiro atoms. The highest BCUT2D eigenvalue weighted by molar-refractivity contribution is 7.90. The molecule has 1 aromatic rings. The molecule has 20 heavy (non-hydrogen) atoms. The lowest BCUT2D eigenvalue weighted by atomic mass is 9.71. The van der Waals surface area contributed by atoms with E-state index in [1.54, 1.807) is 6.07 Å². The Kier molecular flexibility index (Phi) is 4.72. The molecule has 1 heterocycles. The zero-order valence-corrected chi connectivity index (χ0v) is 12.7. The molecular formula is C12H16BClN2O3S. The maximum atomic E-state index is 12.1. The number of rotatable bonds is 5. The lowest BCUT2D eigenvalue weighted by molar-refractivity contribution is 0.475. The first kappa shape index (κ1) is 15.3. The summed E-state index contributed by atoms with van der Waals surface area (Å²) in [5.41, 5.74) is 2.41. The summed E-state index contributed by atoms with van der Waals surface area (Å²) >= 11 is 5.51. The van der Waals surface area contributed by atoms with Crippen LogP contribution in [-0.2, 0) is 16.4 Å². The predicted molar refractivity (Wildman–Crippen MR) is 82.0 cm³/mol. The van der Waals surface area contributed by atoms with Gasteiger partial charge in [-0.1, -0.05) is 25.1 Å². The summed E-state index contributed by atoms with van der Waals surface area (Å²) < 4.78 is 24.9. The van der Waals surface area contributed by atoms with Crippen molar-refractivity contribution in [2.24, 2.45) is 5.10 Å². The minimum Gasteiger partial charge on any atom is -0.427 e. The molecule has 1 aromatic carbocycles. The average molecular weight is 315 g/mol. The number of fused-ring (bicyclic) bond motifs is 1. The van der Waals surface area contributed by atoms with Crippen molar-refractivity contribution in [3.63, 3.8) is 0 Å². The number of hydrogen-bond acceptors (Lipinski definition) is 4. The first-order chi connectivity index (χ1) is 9.49. The summed E-state index contributed by atoms with van der Waals surface area (Å²) in [6.45, 7) is 2.03. The lowest BCUT2D eigenvalue weighted by Gasteiger charge is -2.26. The van der Waals surface area contributed by atoms with Gasteiger partial charge in [0.1, 0.15) is 0 Å². The van der Waals surface area contributed by atoms with Crippen LogP contribution in [0.1, 0.15) is 24.5 Å². The molecule has 108 valence electrons. The third kappa shape index (κ3) is 3.00. The molecule has 5 nitrogen and oxygen atoms in total. The molecule has 0 radical (unpaired) electrons. The monoisotopic (exact) mass is 314 g/mol. The molecule has 0 saturated heterocycles. The van der Waals surface area contributed by atoms with Crippen molar-refractivity contribution >= 4 is 40.4 Å². The van der Waals surface area contributed by atoms with Gasteiger partial charge in [0.15, 0.2) is 0 Å². The molecule has 0 atom stereocenters. The van der Waals surface area contributed by atoms with E-state index in [4.69, 9.17) is 11.6 Å². The Morgan fingerprint density at radius 1 is 1.45 bits per heavy atom. The number of hydrogen-bond donors (Lipinski definition) is 1. The number of halogens is 1. The Labute approximate surface area is 124 Å². The van der Waals surface area contributed by atoms with E-state index in [0.29, 0.717) is 11.9 Å². The van der Waals surface area contributed by atoms with E-state index in [1.165, 1.54) is 6.21 Å². The smallest absolute Gasteiger partial charge is 0.427 e. The molecule has 1 N–H and O–H groups in total. The lowest BCUT2D eigenvalue weighted by Crippen LogP contribution is -2.52. The van der Waals surface area contributed by atoms with E-state index in [0.717, 1.165) is 21.9 Å². The van der Waals surface area contributed by atoms with Crippen molar-refractivity contribution in [2.45, 2.75) is 19.8 Å². The molecule has 0 saturated carbocycles. The SMILES string of the molecule is CCc1ccc2c(c1)C=NN(S(=O)(=O)CCCCl)B2O. The number of sulfonamides is 1. The maximum absolute atomic E-state index is 12.1. The Morgan fingerprint density at radius 3 is 2.85 bits per heavy atom. The van der Waals surface area contributed by atoms with E-state index in [2.05, 4.69) is 5.10 Å². The first-order valence-electron chi connectivity index (χ1n) is 6.42. The third-order valence-electron chi connectivity index (χ3n) is 3.18. The molecule has 2 rings (SSSR count). The van der Waals surface area contributed by atoms with E-state index in [-0.39, 0.29) is 11.6 Å². The zero-order valence-electron chi connectivity index (χ0n) is 11.2. The first-order valence-corrected chi connectivity index (χ1v) is 8.57. The fraction of sp³-hybridized carbons (Fsp3) is 0.417. The molecule has 1 aliphatic heterocycles. The van der Waals surface area contributed by atoms with Gasteiger partial charge < -0.3 is 5.02 Å². The zero-order chi connectivity index (χ0) is 14.8. The summed E-state index contributed by atoms with van der Waals surface area (Å²) in [6.07, 6.45) is 2.67. The van der Waals surface area contributed by atoms with Crippen LogP contribution in [-0.4, -0.2) is 42.7 Å². The number of aryl methyl sites for hydroxylation is 1. The molecule has 0 amide bonds. The van der Waals surface area contributed by atoms with Gasteiger partial charge in [-0.25, -0.2) is 12.7 Å². The van der Waals surface area contributed by atoms with Crippen LogP contribution in [0, 0.1) is 0 Å². The fourth-order valence-electron chi connectivity index (χ4n) is 2.05. The summed E-state index contributed by atoms with van der Waals surface area (Å²) in [5.74, 6) is 0.122. The fourth-order valence-corrected chi connectivity index (χ4v) is 3.64. The summed E-state index contributed by atoms with van der Waals surface area (Å²) in [6, 6.07) is 5.53. The van der Waals surface area contributed by atoms with Crippen LogP contribution < -0.4 is 5.46 Å². The van der Waals surface area contributed by atoms with Crippen LogP contribution in [0.3, 0.4) is 0 Å².